The fourth-order valence-corrected chi connectivity index (χ4v) is 3.03. The molecule has 8 heteroatoms. The molecule has 28 heavy (non-hydrogen) atoms. The molecule has 0 fully saturated rings. The van der Waals surface area contributed by atoms with E-state index in [0.29, 0.717) is 33.9 Å². The summed E-state index contributed by atoms with van der Waals surface area (Å²) in [5, 5.41) is 2.87. The highest BCUT2D eigenvalue weighted by Crippen LogP contribution is 2.38. The van der Waals surface area contributed by atoms with E-state index in [2.05, 4.69) is 5.32 Å². The maximum atomic E-state index is 12.7. The predicted molar refractivity (Wildman–Crippen MR) is 104 cm³/mol. The Hall–Kier alpha value is -3.42. The molecule has 1 atom stereocenters. The number of nitrogens with zero attached hydrogens (tertiary/aromatic N) is 1. The van der Waals surface area contributed by atoms with E-state index in [0.717, 1.165) is 0 Å². The zero-order chi connectivity index (χ0) is 20.3. The highest BCUT2D eigenvalue weighted by molar-refractivity contribution is 5.95. The average molecular weight is 386 g/mol. The Labute approximate surface area is 161 Å². The molecule has 0 saturated heterocycles. The number of rotatable bonds is 7. The zero-order valence-corrected chi connectivity index (χ0v) is 16.1. The summed E-state index contributed by atoms with van der Waals surface area (Å²) in [5.41, 5.74) is 1.54. The summed E-state index contributed by atoms with van der Waals surface area (Å²) < 4.78 is 22.5. The molecule has 148 valence electrons. The highest BCUT2D eigenvalue weighted by atomic mass is 16.5. The lowest BCUT2D eigenvalue weighted by atomic mass is 10.1. The highest BCUT2D eigenvalue weighted by Gasteiger charge is 2.19. The van der Waals surface area contributed by atoms with Crippen molar-refractivity contribution in [2.24, 2.45) is 0 Å². The number of hydrogen-bond donors (Lipinski definition) is 1. The first-order chi connectivity index (χ1) is 13.5. The second-order valence-electron chi connectivity index (χ2n) is 6.23. The van der Waals surface area contributed by atoms with Crippen LogP contribution in [-0.4, -0.2) is 37.8 Å². The molecule has 0 saturated carbocycles. The molecule has 0 unspecified atom stereocenters. The van der Waals surface area contributed by atoms with Gasteiger partial charge in [-0.15, -0.1) is 0 Å². The molecule has 0 radical (unpaired) electrons. The maximum absolute atomic E-state index is 12.7. The van der Waals surface area contributed by atoms with Crippen molar-refractivity contribution >= 4 is 17.0 Å². The number of benzene rings is 2. The van der Waals surface area contributed by atoms with Crippen LogP contribution in [-0.2, 0) is 6.54 Å². The van der Waals surface area contributed by atoms with Crippen molar-refractivity contribution in [3.63, 3.8) is 0 Å². The largest absolute Gasteiger partial charge is 0.493 e. The van der Waals surface area contributed by atoms with Gasteiger partial charge in [0.25, 0.3) is 5.91 Å². The smallest absolute Gasteiger partial charge is 0.420 e. The number of fused-ring (bicyclic) bond motifs is 1. The van der Waals surface area contributed by atoms with Gasteiger partial charge < -0.3 is 23.9 Å². The number of para-hydroxylation sites is 2. The zero-order valence-electron chi connectivity index (χ0n) is 16.1. The molecule has 0 spiro atoms. The second kappa shape index (κ2) is 8.08. The number of carbonyl (C=O) groups is 1. The first-order valence-electron chi connectivity index (χ1n) is 8.67. The quantitative estimate of drug-likeness (QED) is 0.671. The van der Waals surface area contributed by atoms with E-state index in [1.165, 1.54) is 25.9 Å². The first kappa shape index (κ1) is 19.3. The SMILES string of the molecule is COc1cc(C(=O)N[C@H](C)Cn2c(=O)oc3ccccc32)cc(OC)c1OC. The Balaban J connectivity index is 1.81. The van der Waals surface area contributed by atoms with Gasteiger partial charge in [-0.25, -0.2) is 4.79 Å². The van der Waals surface area contributed by atoms with Crippen molar-refractivity contribution in [3.8, 4) is 17.2 Å². The van der Waals surface area contributed by atoms with Crippen LogP contribution in [0.5, 0.6) is 17.2 Å². The van der Waals surface area contributed by atoms with E-state index in [-0.39, 0.29) is 18.5 Å². The second-order valence-corrected chi connectivity index (χ2v) is 6.23. The maximum Gasteiger partial charge on any atom is 0.420 e. The van der Waals surface area contributed by atoms with Gasteiger partial charge in [0.15, 0.2) is 17.1 Å². The molecule has 1 amide bonds. The van der Waals surface area contributed by atoms with E-state index in [4.69, 9.17) is 18.6 Å². The van der Waals surface area contributed by atoms with E-state index >= 15 is 0 Å². The average Bonchev–Trinajstić information content (AvgIpc) is 3.01. The van der Waals surface area contributed by atoms with Crippen molar-refractivity contribution in [1.29, 1.82) is 0 Å². The van der Waals surface area contributed by atoms with Crippen molar-refractivity contribution in [2.45, 2.75) is 19.5 Å². The van der Waals surface area contributed by atoms with Crippen molar-refractivity contribution in [2.75, 3.05) is 21.3 Å². The minimum Gasteiger partial charge on any atom is -0.493 e. The summed E-state index contributed by atoms with van der Waals surface area (Å²) in [4.78, 5) is 24.8. The third-order valence-corrected chi connectivity index (χ3v) is 4.33. The Morgan fingerprint density at radius 3 is 2.36 bits per heavy atom. The van der Waals surface area contributed by atoms with Gasteiger partial charge in [-0.05, 0) is 31.2 Å². The van der Waals surface area contributed by atoms with E-state index in [1.54, 1.807) is 30.3 Å². The summed E-state index contributed by atoms with van der Waals surface area (Å²) in [5.74, 6) is 0.391. The topological polar surface area (TPSA) is 91.9 Å². The van der Waals surface area contributed by atoms with Crippen LogP contribution in [0.2, 0.25) is 0 Å². The number of amides is 1. The Morgan fingerprint density at radius 1 is 1.11 bits per heavy atom. The molecular formula is C20H22N2O6. The van der Waals surface area contributed by atoms with Crippen LogP contribution in [0.1, 0.15) is 17.3 Å². The van der Waals surface area contributed by atoms with Gasteiger partial charge in [0.05, 0.1) is 26.8 Å². The van der Waals surface area contributed by atoms with Gasteiger partial charge >= 0.3 is 5.76 Å². The molecule has 1 heterocycles. The third kappa shape index (κ3) is 3.66. The molecule has 1 aromatic heterocycles. The predicted octanol–water partition coefficient (Wildman–Crippen LogP) is 2.44. The Kier molecular flexibility index (Phi) is 5.58. The van der Waals surface area contributed by atoms with Crippen LogP contribution in [0.3, 0.4) is 0 Å². The van der Waals surface area contributed by atoms with Gasteiger partial charge in [0.1, 0.15) is 0 Å². The van der Waals surface area contributed by atoms with Gasteiger partial charge in [-0.2, -0.15) is 0 Å². The number of carbonyl (C=O) groups excluding carboxylic acids is 1. The van der Waals surface area contributed by atoms with Gasteiger partial charge in [0.2, 0.25) is 5.75 Å². The van der Waals surface area contributed by atoms with Crippen molar-refractivity contribution < 1.29 is 23.4 Å². The van der Waals surface area contributed by atoms with Crippen LogP contribution in [0.25, 0.3) is 11.1 Å². The number of aromatic nitrogens is 1. The van der Waals surface area contributed by atoms with Crippen molar-refractivity contribution in [3.05, 3.63) is 52.5 Å². The number of hydrogen-bond acceptors (Lipinski definition) is 6. The summed E-state index contributed by atoms with van der Waals surface area (Å²) >= 11 is 0. The molecule has 3 rings (SSSR count). The summed E-state index contributed by atoms with van der Waals surface area (Å²) in [6.45, 7) is 2.08. The lowest BCUT2D eigenvalue weighted by Crippen LogP contribution is -2.37. The molecule has 2 aromatic carbocycles. The van der Waals surface area contributed by atoms with Crippen LogP contribution in [0.4, 0.5) is 0 Å². The number of oxazole rings is 1. The van der Waals surface area contributed by atoms with E-state index in [9.17, 15) is 9.59 Å². The summed E-state index contributed by atoms with van der Waals surface area (Å²) in [6.07, 6.45) is 0. The fourth-order valence-electron chi connectivity index (χ4n) is 3.03. The van der Waals surface area contributed by atoms with E-state index < -0.39 is 5.76 Å². The molecule has 0 bridgehead atoms. The van der Waals surface area contributed by atoms with Crippen LogP contribution >= 0.6 is 0 Å². The van der Waals surface area contributed by atoms with Crippen LogP contribution < -0.4 is 25.3 Å². The molecule has 3 aromatic rings. The van der Waals surface area contributed by atoms with Gasteiger partial charge in [-0.3, -0.25) is 9.36 Å². The van der Waals surface area contributed by atoms with Gasteiger partial charge in [0, 0.05) is 18.2 Å². The number of nitrogens with one attached hydrogen (secondary N) is 1. The first-order valence-corrected chi connectivity index (χ1v) is 8.67. The number of methoxy groups -OCH3 is 3. The van der Waals surface area contributed by atoms with Crippen LogP contribution in [0.15, 0.2) is 45.6 Å². The summed E-state index contributed by atoms with van der Waals surface area (Å²) in [6, 6.07) is 9.97. The standard InChI is InChI=1S/C20H22N2O6/c1-12(11-22-14-7-5-6-8-15(14)28-20(22)24)21-19(23)13-9-16(25-2)18(27-4)17(10-13)26-3/h5-10,12H,11H2,1-4H3,(H,21,23)/t12-/m1/s1. The monoisotopic (exact) mass is 386 g/mol. The molecule has 0 aliphatic heterocycles. The fraction of sp³-hybridized carbons (Fsp3) is 0.300. The Morgan fingerprint density at radius 2 is 1.75 bits per heavy atom. The van der Waals surface area contributed by atoms with Crippen LogP contribution in [0, 0.1) is 0 Å². The number of ether oxygens (including phenoxy) is 3. The van der Waals surface area contributed by atoms with E-state index in [1.807, 2.05) is 13.0 Å². The lowest BCUT2D eigenvalue weighted by Gasteiger charge is -2.17. The molecular weight excluding hydrogens is 364 g/mol. The van der Waals surface area contributed by atoms with Crippen molar-refractivity contribution in [1.82, 2.24) is 9.88 Å². The normalized spacial score (nSPS) is 11.9. The lowest BCUT2D eigenvalue weighted by molar-refractivity contribution is 0.0935. The Bertz CT molecular complexity index is 1030. The minimum atomic E-state index is -0.463. The minimum absolute atomic E-state index is 0.270. The molecule has 1 N–H and O–H groups in total. The molecule has 8 nitrogen and oxygen atoms in total. The molecule has 0 aliphatic carbocycles. The van der Waals surface area contributed by atoms with Gasteiger partial charge in [-0.1, -0.05) is 12.1 Å². The molecule has 0 aliphatic rings. The third-order valence-electron chi connectivity index (χ3n) is 4.33. The summed E-state index contributed by atoms with van der Waals surface area (Å²) in [7, 11) is 4.46.